The lowest BCUT2D eigenvalue weighted by molar-refractivity contribution is 0.482. The van der Waals surface area contributed by atoms with Crippen LogP contribution in [-0.2, 0) is 20.2 Å². The Kier molecular flexibility index (Phi) is 4.98. The monoisotopic (exact) mass is 406 g/mol. The highest BCUT2D eigenvalue weighted by Gasteiger charge is 2.23. The van der Waals surface area contributed by atoms with Crippen molar-refractivity contribution in [2.45, 2.75) is 4.90 Å². The Hall–Kier alpha value is -2.79. The van der Waals surface area contributed by atoms with Gasteiger partial charge in [0.2, 0.25) is 0 Å². The number of rotatable bonds is 4. The fourth-order valence-corrected chi connectivity index (χ4v) is 3.63. The fourth-order valence-electron chi connectivity index (χ4n) is 2.42. The van der Waals surface area contributed by atoms with Crippen LogP contribution in [0, 0.1) is 0 Å². The van der Waals surface area contributed by atoms with Gasteiger partial charge >= 0.3 is 0 Å². The molecule has 0 aliphatic heterocycles. The van der Waals surface area contributed by atoms with Crippen LogP contribution in [0.15, 0.2) is 92.8 Å². The highest BCUT2D eigenvalue weighted by molar-refractivity contribution is 7.90. The number of hydrazone groups is 1. The lowest BCUT2D eigenvalue weighted by Crippen LogP contribution is -2.11. The first-order valence-electron chi connectivity index (χ1n) is 7.52. The van der Waals surface area contributed by atoms with Crippen LogP contribution in [0.2, 0.25) is 0 Å². The normalized spacial score (nSPS) is 18.3. The molecule has 0 unspecified atom stereocenters. The highest BCUT2D eigenvalue weighted by atomic mass is 32.2. The van der Waals surface area contributed by atoms with Crippen molar-refractivity contribution in [1.29, 1.82) is 0 Å². The van der Waals surface area contributed by atoms with Gasteiger partial charge in [0, 0.05) is 5.57 Å². The highest BCUT2D eigenvalue weighted by Crippen LogP contribution is 2.28. The van der Waals surface area contributed by atoms with Crippen molar-refractivity contribution in [3.8, 4) is 0 Å². The molecular formula is C17H14N2O6S2. The maximum Gasteiger partial charge on any atom is 0.295 e. The van der Waals surface area contributed by atoms with Gasteiger partial charge in [0.15, 0.2) is 0 Å². The van der Waals surface area contributed by atoms with Gasteiger partial charge in [0.05, 0.1) is 16.3 Å². The summed E-state index contributed by atoms with van der Waals surface area (Å²) in [6, 6.07) is 5.15. The van der Waals surface area contributed by atoms with Crippen molar-refractivity contribution in [1.82, 2.24) is 0 Å². The zero-order valence-corrected chi connectivity index (χ0v) is 15.3. The second-order valence-electron chi connectivity index (χ2n) is 5.55. The molecule has 8 nitrogen and oxygen atoms in total. The summed E-state index contributed by atoms with van der Waals surface area (Å²) in [7, 11) is -8.76. The first-order valence-corrected chi connectivity index (χ1v) is 10.4. The minimum absolute atomic E-state index is 0.233. The van der Waals surface area contributed by atoms with Crippen LogP contribution < -0.4 is 5.43 Å². The SMILES string of the molecule is O=S(=O)(O)C1=C/C(=N/Nc2ccc(S(=O)(=O)O)cc2)C=CC1=C1C=CC=C1. The molecular weight excluding hydrogens is 392 g/mol. The van der Waals surface area contributed by atoms with Gasteiger partial charge in [-0.2, -0.15) is 21.9 Å². The number of hydrogen-bond acceptors (Lipinski definition) is 6. The van der Waals surface area contributed by atoms with Crippen LogP contribution in [0.25, 0.3) is 0 Å². The molecule has 10 heteroatoms. The average molecular weight is 406 g/mol. The molecule has 0 atom stereocenters. The summed E-state index contributed by atoms with van der Waals surface area (Å²) in [5, 5.41) is 4.03. The first-order chi connectivity index (χ1) is 12.6. The van der Waals surface area contributed by atoms with E-state index in [1.807, 2.05) is 0 Å². The zero-order valence-electron chi connectivity index (χ0n) is 13.6. The average Bonchev–Trinajstić information content (AvgIpc) is 3.13. The molecule has 140 valence electrons. The van der Waals surface area contributed by atoms with Crippen molar-refractivity contribution in [2.24, 2.45) is 5.10 Å². The van der Waals surface area contributed by atoms with E-state index in [4.69, 9.17) is 4.55 Å². The maximum absolute atomic E-state index is 11.7. The van der Waals surface area contributed by atoms with E-state index in [0.29, 0.717) is 16.8 Å². The zero-order chi connectivity index (χ0) is 19.7. The topological polar surface area (TPSA) is 133 Å². The third-order valence-corrected chi connectivity index (χ3v) is 5.44. The third kappa shape index (κ3) is 4.49. The molecule has 27 heavy (non-hydrogen) atoms. The van der Waals surface area contributed by atoms with E-state index in [-0.39, 0.29) is 15.5 Å². The molecule has 2 aliphatic carbocycles. The van der Waals surface area contributed by atoms with Gasteiger partial charge in [-0.25, -0.2) is 0 Å². The molecule has 0 spiro atoms. The number of nitrogens with zero attached hydrogens (tertiary/aromatic N) is 1. The Morgan fingerprint density at radius 1 is 0.815 bits per heavy atom. The van der Waals surface area contributed by atoms with Gasteiger partial charge < -0.3 is 0 Å². The Morgan fingerprint density at radius 3 is 2.00 bits per heavy atom. The molecule has 0 saturated carbocycles. The second kappa shape index (κ2) is 7.08. The molecule has 1 aromatic rings. The summed E-state index contributed by atoms with van der Waals surface area (Å²) in [4.78, 5) is -0.542. The van der Waals surface area contributed by atoms with Crippen LogP contribution in [0.3, 0.4) is 0 Å². The minimum Gasteiger partial charge on any atom is -0.282 e. The van der Waals surface area contributed by atoms with Crippen LogP contribution in [-0.4, -0.2) is 31.7 Å². The lowest BCUT2D eigenvalue weighted by Gasteiger charge is -2.13. The maximum atomic E-state index is 11.7. The Morgan fingerprint density at radius 2 is 1.44 bits per heavy atom. The van der Waals surface area contributed by atoms with Crippen LogP contribution in [0.4, 0.5) is 5.69 Å². The number of hydrogen-bond donors (Lipinski definition) is 3. The molecule has 0 saturated heterocycles. The molecule has 0 amide bonds. The Balaban J connectivity index is 1.88. The van der Waals surface area contributed by atoms with E-state index in [1.54, 1.807) is 30.4 Å². The van der Waals surface area contributed by atoms with Crippen molar-refractivity contribution < 1.29 is 25.9 Å². The van der Waals surface area contributed by atoms with E-state index in [0.717, 1.165) is 0 Å². The summed E-state index contributed by atoms with van der Waals surface area (Å²) in [5.74, 6) is 0. The van der Waals surface area contributed by atoms with Gasteiger partial charge in [-0.15, -0.1) is 0 Å². The summed E-state index contributed by atoms with van der Waals surface area (Å²) >= 11 is 0. The predicted molar refractivity (Wildman–Crippen MR) is 101 cm³/mol. The Labute approximate surface area is 156 Å². The van der Waals surface area contributed by atoms with Crippen LogP contribution in [0.1, 0.15) is 0 Å². The fraction of sp³-hybridized carbons (Fsp3) is 0. The number of allylic oxidation sites excluding steroid dienone is 9. The van der Waals surface area contributed by atoms with Gasteiger partial charge in [-0.05, 0) is 42.0 Å². The largest absolute Gasteiger partial charge is 0.295 e. The molecule has 1 aromatic carbocycles. The number of benzene rings is 1. The molecule has 0 fully saturated rings. The van der Waals surface area contributed by atoms with Gasteiger partial charge in [0.1, 0.15) is 4.91 Å². The predicted octanol–water partition coefficient (Wildman–Crippen LogP) is 2.47. The molecule has 0 aromatic heterocycles. The van der Waals surface area contributed by atoms with Gasteiger partial charge in [-0.3, -0.25) is 14.5 Å². The standard InChI is InChI=1S/C17H14N2O6S2/c20-26(21,22)15-8-5-13(6-9-15)18-19-14-7-10-16(12-3-1-2-4-12)17(11-14)27(23,24)25/h1-11,18H,(H,20,21,22)(H,23,24,25)/b19-14+. The van der Waals surface area contributed by atoms with Crippen molar-refractivity contribution >= 4 is 31.6 Å². The molecule has 2 aliphatic rings. The van der Waals surface area contributed by atoms with Crippen molar-refractivity contribution in [3.63, 3.8) is 0 Å². The van der Waals surface area contributed by atoms with Gasteiger partial charge in [0.25, 0.3) is 20.2 Å². The molecule has 0 heterocycles. The summed E-state index contributed by atoms with van der Waals surface area (Å²) < 4.78 is 63.9. The van der Waals surface area contributed by atoms with Crippen LogP contribution in [0.5, 0.6) is 0 Å². The van der Waals surface area contributed by atoms with Gasteiger partial charge in [-0.1, -0.05) is 30.4 Å². The van der Waals surface area contributed by atoms with E-state index < -0.39 is 20.2 Å². The van der Waals surface area contributed by atoms with E-state index in [1.165, 1.54) is 36.4 Å². The first kappa shape index (κ1) is 19.0. The second-order valence-corrected chi connectivity index (χ2v) is 8.36. The number of anilines is 1. The van der Waals surface area contributed by atoms with Crippen molar-refractivity contribution in [2.75, 3.05) is 5.43 Å². The summed E-state index contributed by atoms with van der Waals surface area (Å²) in [5.41, 5.74) is 4.28. The summed E-state index contributed by atoms with van der Waals surface area (Å²) in [6.45, 7) is 0. The lowest BCUT2D eigenvalue weighted by atomic mass is 10.0. The van der Waals surface area contributed by atoms with E-state index in [2.05, 4.69) is 10.5 Å². The summed E-state index contributed by atoms with van der Waals surface area (Å²) in [6.07, 6.45) is 11.2. The number of nitrogens with one attached hydrogen (secondary N) is 1. The molecule has 3 N–H and O–H groups in total. The molecule has 0 bridgehead atoms. The smallest absolute Gasteiger partial charge is 0.282 e. The van der Waals surface area contributed by atoms with Crippen molar-refractivity contribution in [3.05, 3.63) is 82.8 Å². The quantitative estimate of drug-likeness (QED) is 0.517. The van der Waals surface area contributed by atoms with Crippen LogP contribution >= 0.6 is 0 Å². The Bertz CT molecular complexity index is 1150. The van der Waals surface area contributed by atoms with E-state index >= 15 is 0 Å². The minimum atomic E-state index is -4.47. The molecule has 3 rings (SSSR count). The molecule has 0 radical (unpaired) electrons. The van der Waals surface area contributed by atoms with E-state index in [9.17, 15) is 21.4 Å². The third-order valence-electron chi connectivity index (χ3n) is 3.68.